The smallest absolute Gasteiger partial charge is 0.126 e. The molecule has 3 N–H and O–H groups in total. The van der Waals surface area contributed by atoms with Gasteiger partial charge in [-0.15, -0.1) is 0 Å². The largest absolute Gasteiger partial charge is 0.374 e. The van der Waals surface area contributed by atoms with Gasteiger partial charge in [0.15, 0.2) is 0 Å². The van der Waals surface area contributed by atoms with Crippen LogP contribution in [0.25, 0.3) is 0 Å². The summed E-state index contributed by atoms with van der Waals surface area (Å²) in [4.78, 5) is 2.21. The minimum absolute atomic E-state index is 0.328. The maximum absolute atomic E-state index is 10.5. The van der Waals surface area contributed by atoms with Crippen molar-refractivity contribution in [3.05, 3.63) is 29.3 Å². The second-order valence-corrected chi connectivity index (χ2v) is 8.50. The Labute approximate surface area is 158 Å². The van der Waals surface area contributed by atoms with E-state index in [1.54, 1.807) is 0 Å². The molecular weight excluding hydrogens is 322 g/mol. The van der Waals surface area contributed by atoms with E-state index < -0.39 is 0 Å². The topological polar surface area (TPSA) is 47.5 Å². The fourth-order valence-corrected chi connectivity index (χ4v) is 4.79. The molecule has 0 spiro atoms. The van der Waals surface area contributed by atoms with Gasteiger partial charge in [-0.3, -0.25) is 0 Å². The normalized spacial score (nSPS) is 27.2. The molecule has 4 heteroatoms. The number of piperidine rings is 1. The zero-order valence-electron chi connectivity index (χ0n) is 16.2. The van der Waals surface area contributed by atoms with Crippen molar-refractivity contribution in [1.82, 2.24) is 10.6 Å². The Kier molecular flexibility index (Phi) is 5.82. The molecule has 144 valence electrons. The Balaban J connectivity index is 1.35. The number of nitrogens with zero attached hydrogens (tertiary/aromatic N) is 1. The van der Waals surface area contributed by atoms with Crippen molar-refractivity contribution >= 4 is 5.69 Å². The third-order valence-corrected chi connectivity index (χ3v) is 6.51. The van der Waals surface area contributed by atoms with E-state index in [9.17, 15) is 5.11 Å². The molecule has 4 nitrogen and oxygen atoms in total. The highest BCUT2D eigenvalue weighted by atomic mass is 16.3. The van der Waals surface area contributed by atoms with E-state index in [2.05, 4.69) is 40.7 Å². The van der Waals surface area contributed by atoms with Crippen molar-refractivity contribution < 1.29 is 5.11 Å². The van der Waals surface area contributed by atoms with Crippen molar-refractivity contribution in [3.63, 3.8) is 0 Å². The molecule has 2 heterocycles. The summed E-state index contributed by atoms with van der Waals surface area (Å²) in [6.07, 6.45) is 7.77. The van der Waals surface area contributed by atoms with Crippen molar-refractivity contribution in [1.29, 1.82) is 0 Å². The van der Waals surface area contributed by atoms with Crippen LogP contribution in [0, 0.1) is 5.92 Å². The van der Waals surface area contributed by atoms with Crippen LogP contribution in [0.4, 0.5) is 5.69 Å². The van der Waals surface area contributed by atoms with Crippen LogP contribution in [0.2, 0.25) is 0 Å². The van der Waals surface area contributed by atoms with Crippen molar-refractivity contribution in [2.45, 2.75) is 70.1 Å². The minimum atomic E-state index is -0.328. The Morgan fingerprint density at radius 3 is 2.96 bits per heavy atom. The molecule has 3 aliphatic rings. The predicted molar refractivity (Wildman–Crippen MR) is 108 cm³/mol. The maximum atomic E-state index is 10.5. The van der Waals surface area contributed by atoms with Crippen molar-refractivity contribution in [3.8, 4) is 0 Å². The first-order chi connectivity index (χ1) is 12.8. The van der Waals surface area contributed by atoms with Crippen LogP contribution >= 0.6 is 0 Å². The summed E-state index contributed by atoms with van der Waals surface area (Å²) in [5, 5.41) is 17.7. The van der Waals surface area contributed by atoms with Crippen molar-refractivity contribution in [2.24, 2.45) is 5.92 Å². The van der Waals surface area contributed by atoms with Crippen LogP contribution in [-0.4, -0.2) is 43.6 Å². The van der Waals surface area contributed by atoms with E-state index in [-0.39, 0.29) is 6.23 Å². The molecule has 0 amide bonds. The minimum Gasteiger partial charge on any atom is -0.374 e. The first kappa shape index (κ1) is 18.3. The highest BCUT2D eigenvalue weighted by molar-refractivity contribution is 5.58. The first-order valence-corrected chi connectivity index (χ1v) is 10.8. The standard InChI is InChI=1S/C22H35N3O/c1-2-4-22(26)25-12-3-5-18-13-17(6-7-21(18)25)19-14-20(19)24-15-16-8-10-23-11-9-16/h6-7,13,16,19-20,22-24,26H,2-5,8-12,14-15H2,1H3. The lowest BCUT2D eigenvalue weighted by molar-refractivity contribution is 0.155. The van der Waals surface area contributed by atoms with Gasteiger partial charge >= 0.3 is 0 Å². The molecule has 1 aromatic rings. The van der Waals surface area contributed by atoms with Gasteiger partial charge in [0.2, 0.25) is 0 Å². The summed E-state index contributed by atoms with van der Waals surface area (Å²) in [5.74, 6) is 1.55. The van der Waals surface area contributed by atoms with E-state index >= 15 is 0 Å². The van der Waals surface area contributed by atoms with Crippen LogP contribution < -0.4 is 15.5 Å². The van der Waals surface area contributed by atoms with E-state index in [0.29, 0.717) is 12.0 Å². The third-order valence-electron chi connectivity index (χ3n) is 6.51. The second-order valence-electron chi connectivity index (χ2n) is 8.50. The fraction of sp³-hybridized carbons (Fsp3) is 0.727. The van der Waals surface area contributed by atoms with Gasteiger partial charge in [-0.05, 0) is 81.3 Å². The highest BCUT2D eigenvalue weighted by Gasteiger charge is 2.38. The zero-order chi connectivity index (χ0) is 17.9. The number of fused-ring (bicyclic) bond motifs is 1. The average Bonchev–Trinajstić information content (AvgIpc) is 3.46. The monoisotopic (exact) mass is 357 g/mol. The molecule has 1 aromatic carbocycles. The van der Waals surface area contributed by atoms with Gasteiger partial charge in [-0.1, -0.05) is 25.5 Å². The summed E-state index contributed by atoms with van der Waals surface area (Å²) < 4.78 is 0. The van der Waals surface area contributed by atoms with Gasteiger partial charge < -0.3 is 20.6 Å². The van der Waals surface area contributed by atoms with E-state index in [4.69, 9.17) is 0 Å². The van der Waals surface area contributed by atoms with Gasteiger partial charge in [-0.25, -0.2) is 0 Å². The molecule has 0 bridgehead atoms. The summed E-state index contributed by atoms with van der Waals surface area (Å²) in [6, 6.07) is 7.68. The Morgan fingerprint density at radius 1 is 1.31 bits per heavy atom. The van der Waals surface area contributed by atoms with Gasteiger partial charge in [-0.2, -0.15) is 0 Å². The third kappa shape index (κ3) is 4.08. The fourth-order valence-electron chi connectivity index (χ4n) is 4.79. The molecule has 0 radical (unpaired) electrons. The van der Waals surface area contributed by atoms with E-state index in [1.807, 2.05) is 0 Å². The Hall–Kier alpha value is -1.10. The maximum Gasteiger partial charge on any atom is 0.126 e. The van der Waals surface area contributed by atoms with E-state index in [1.165, 1.54) is 55.7 Å². The number of aliphatic hydroxyl groups excluding tert-OH is 1. The highest BCUT2D eigenvalue weighted by Crippen LogP contribution is 2.43. The number of rotatable bonds is 7. The number of aryl methyl sites for hydroxylation is 1. The zero-order valence-corrected chi connectivity index (χ0v) is 16.2. The average molecular weight is 358 g/mol. The van der Waals surface area contributed by atoms with Crippen molar-refractivity contribution in [2.75, 3.05) is 31.1 Å². The summed E-state index contributed by atoms with van der Waals surface area (Å²) in [6.45, 7) is 6.68. The molecule has 1 saturated carbocycles. The molecule has 2 fully saturated rings. The van der Waals surface area contributed by atoms with Crippen LogP contribution in [-0.2, 0) is 6.42 Å². The molecule has 3 atom stereocenters. The van der Waals surface area contributed by atoms with Crippen LogP contribution in [0.5, 0.6) is 0 Å². The number of hydrogen-bond acceptors (Lipinski definition) is 4. The predicted octanol–water partition coefficient (Wildman–Crippen LogP) is 3.00. The quantitative estimate of drug-likeness (QED) is 0.702. The van der Waals surface area contributed by atoms with Crippen LogP contribution in [0.3, 0.4) is 0 Å². The second kappa shape index (κ2) is 8.28. The van der Waals surface area contributed by atoms with Gasteiger partial charge in [0, 0.05) is 24.2 Å². The lowest BCUT2D eigenvalue weighted by atomic mass is 9.96. The summed E-state index contributed by atoms with van der Waals surface area (Å²) >= 11 is 0. The SMILES string of the molecule is CCCC(O)N1CCCc2cc(C3CC3NCC3CCNCC3)ccc21. The summed E-state index contributed by atoms with van der Waals surface area (Å²) in [5.41, 5.74) is 4.20. The summed E-state index contributed by atoms with van der Waals surface area (Å²) in [7, 11) is 0. The molecule has 3 unspecified atom stereocenters. The van der Waals surface area contributed by atoms with Crippen LogP contribution in [0.1, 0.15) is 62.5 Å². The number of anilines is 1. The molecule has 4 rings (SSSR count). The van der Waals surface area contributed by atoms with Gasteiger partial charge in [0.1, 0.15) is 6.23 Å². The van der Waals surface area contributed by atoms with Crippen LogP contribution in [0.15, 0.2) is 18.2 Å². The number of hydrogen-bond donors (Lipinski definition) is 3. The molecule has 1 aliphatic carbocycles. The molecule has 0 aromatic heterocycles. The molecular formula is C22H35N3O. The van der Waals surface area contributed by atoms with Gasteiger partial charge in [0.05, 0.1) is 0 Å². The lowest BCUT2D eigenvalue weighted by Crippen LogP contribution is -2.39. The number of nitrogens with one attached hydrogen (secondary N) is 2. The van der Waals surface area contributed by atoms with Gasteiger partial charge in [0.25, 0.3) is 0 Å². The molecule has 26 heavy (non-hydrogen) atoms. The lowest BCUT2D eigenvalue weighted by Gasteiger charge is -2.35. The first-order valence-electron chi connectivity index (χ1n) is 10.8. The number of aliphatic hydroxyl groups is 1. The Morgan fingerprint density at radius 2 is 2.15 bits per heavy atom. The Bertz CT molecular complexity index is 599. The van der Waals surface area contributed by atoms with E-state index in [0.717, 1.165) is 38.1 Å². The molecule has 2 aliphatic heterocycles. The number of benzene rings is 1. The molecule has 1 saturated heterocycles.